The van der Waals surface area contributed by atoms with Gasteiger partial charge in [-0.15, -0.1) is 11.8 Å². The summed E-state index contributed by atoms with van der Waals surface area (Å²) in [4.78, 5) is 10.4. The molecule has 5 heteroatoms. The Labute approximate surface area is 87.1 Å². The van der Waals surface area contributed by atoms with Crippen LogP contribution in [0, 0.1) is 0 Å². The zero-order valence-electron chi connectivity index (χ0n) is 8.43. The average Bonchev–Trinajstić information content (AvgIpc) is 2.01. The Kier molecular flexibility index (Phi) is 6.08. The Morgan fingerprint density at radius 1 is 1.50 bits per heavy atom. The molecule has 84 valence electrons. The first-order chi connectivity index (χ1) is 6.33. The maximum absolute atomic E-state index is 12.3. The van der Waals surface area contributed by atoms with Crippen LogP contribution in [0.25, 0.3) is 0 Å². The predicted molar refractivity (Wildman–Crippen MR) is 54.0 cm³/mol. The highest BCUT2D eigenvalue weighted by molar-refractivity contribution is 8.00. The summed E-state index contributed by atoms with van der Waals surface area (Å²) in [6.07, 6.45) is 0.976. The second-order valence-electron chi connectivity index (χ2n) is 3.38. The third-order valence-electron chi connectivity index (χ3n) is 1.73. The van der Waals surface area contributed by atoms with E-state index in [1.54, 1.807) is 6.92 Å². The van der Waals surface area contributed by atoms with Gasteiger partial charge in [0.2, 0.25) is 5.92 Å². The van der Waals surface area contributed by atoms with E-state index >= 15 is 0 Å². The van der Waals surface area contributed by atoms with Crippen molar-refractivity contribution in [1.29, 1.82) is 0 Å². The summed E-state index contributed by atoms with van der Waals surface area (Å²) < 4.78 is 24.7. The van der Waals surface area contributed by atoms with Gasteiger partial charge in [0.25, 0.3) is 0 Å². The number of rotatable bonds is 7. The van der Waals surface area contributed by atoms with Crippen molar-refractivity contribution in [1.82, 2.24) is 0 Å². The molecule has 0 aromatic rings. The SMILES string of the molecule is CC(SCCCCC(C)(F)F)C(=O)O. The van der Waals surface area contributed by atoms with Gasteiger partial charge in [0.1, 0.15) is 0 Å². The highest BCUT2D eigenvalue weighted by Gasteiger charge is 2.19. The quantitative estimate of drug-likeness (QED) is 0.678. The van der Waals surface area contributed by atoms with E-state index in [0.29, 0.717) is 18.6 Å². The molecule has 0 aromatic heterocycles. The van der Waals surface area contributed by atoms with E-state index in [1.807, 2.05) is 0 Å². The van der Waals surface area contributed by atoms with E-state index in [2.05, 4.69) is 0 Å². The molecule has 0 radical (unpaired) electrons. The maximum Gasteiger partial charge on any atom is 0.316 e. The maximum atomic E-state index is 12.3. The van der Waals surface area contributed by atoms with E-state index in [-0.39, 0.29) is 6.42 Å². The van der Waals surface area contributed by atoms with Crippen LogP contribution in [-0.2, 0) is 4.79 Å². The van der Waals surface area contributed by atoms with Gasteiger partial charge >= 0.3 is 5.97 Å². The zero-order chi connectivity index (χ0) is 11.2. The van der Waals surface area contributed by atoms with Crippen LogP contribution in [0.3, 0.4) is 0 Å². The number of aliphatic carboxylic acids is 1. The molecular weight excluding hydrogens is 210 g/mol. The molecule has 14 heavy (non-hydrogen) atoms. The summed E-state index contributed by atoms with van der Waals surface area (Å²) in [5.74, 6) is -2.82. The summed E-state index contributed by atoms with van der Waals surface area (Å²) in [7, 11) is 0. The molecule has 1 atom stereocenters. The minimum absolute atomic E-state index is 0.116. The number of unbranched alkanes of at least 4 members (excludes halogenated alkanes) is 1. The molecule has 1 N–H and O–H groups in total. The minimum atomic E-state index is -2.59. The molecule has 0 saturated carbocycles. The minimum Gasteiger partial charge on any atom is -0.480 e. The molecule has 2 nitrogen and oxygen atoms in total. The largest absolute Gasteiger partial charge is 0.480 e. The fourth-order valence-corrected chi connectivity index (χ4v) is 1.74. The first kappa shape index (κ1) is 13.7. The Balaban J connectivity index is 3.35. The molecule has 0 heterocycles. The highest BCUT2D eigenvalue weighted by atomic mass is 32.2. The van der Waals surface area contributed by atoms with Crippen LogP contribution in [-0.4, -0.2) is 28.0 Å². The molecule has 0 fully saturated rings. The van der Waals surface area contributed by atoms with E-state index in [4.69, 9.17) is 5.11 Å². The van der Waals surface area contributed by atoms with Gasteiger partial charge in [0.05, 0.1) is 5.25 Å². The highest BCUT2D eigenvalue weighted by Crippen LogP contribution is 2.21. The monoisotopic (exact) mass is 226 g/mol. The van der Waals surface area contributed by atoms with Gasteiger partial charge in [0.15, 0.2) is 0 Å². The van der Waals surface area contributed by atoms with Crippen LogP contribution >= 0.6 is 11.8 Å². The Morgan fingerprint density at radius 2 is 2.07 bits per heavy atom. The predicted octanol–water partition coefficient (Wildman–Crippen LogP) is 3.02. The second-order valence-corrected chi connectivity index (χ2v) is 4.83. The van der Waals surface area contributed by atoms with Gasteiger partial charge in [-0.25, -0.2) is 8.78 Å². The molecule has 0 aliphatic rings. The van der Waals surface area contributed by atoms with Crippen molar-refractivity contribution in [3.63, 3.8) is 0 Å². The van der Waals surface area contributed by atoms with Crippen LogP contribution < -0.4 is 0 Å². The lowest BCUT2D eigenvalue weighted by molar-refractivity contribution is -0.136. The lowest BCUT2D eigenvalue weighted by Crippen LogP contribution is -2.12. The summed E-state index contributed by atoms with van der Waals surface area (Å²) in [5, 5.41) is 8.08. The van der Waals surface area contributed by atoms with Gasteiger partial charge in [-0.1, -0.05) is 0 Å². The van der Waals surface area contributed by atoms with Crippen molar-refractivity contribution >= 4 is 17.7 Å². The molecule has 1 unspecified atom stereocenters. The number of halogens is 2. The van der Waals surface area contributed by atoms with Gasteiger partial charge < -0.3 is 5.11 Å². The molecule has 0 amide bonds. The number of alkyl halides is 2. The molecule has 0 aliphatic heterocycles. The number of thioether (sulfide) groups is 1. The van der Waals surface area contributed by atoms with Crippen molar-refractivity contribution in [2.24, 2.45) is 0 Å². The third-order valence-corrected chi connectivity index (χ3v) is 2.95. The Hall–Kier alpha value is -0.320. The van der Waals surface area contributed by atoms with Gasteiger partial charge in [-0.3, -0.25) is 4.79 Å². The van der Waals surface area contributed by atoms with Crippen molar-refractivity contribution in [2.45, 2.75) is 44.3 Å². The van der Waals surface area contributed by atoms with Crippen molar-refractivity contribution in [3.8, 4) is 0 Å². The molecule has 0 rings (SSSR count). The number of hydrogen-bond acceptors (Lipinski definition) is 2. The molecule has 0 saturated heterocycles. The smallest absolute Gasteiger partial charge is 0.316 e. The summed E-state index contributed by atoms with van der Waals surface area (Å²) >= 11 is 1.29. The van der Waals surface area contributed by atoms with Crippen LogP contribution in [0.5, 0.6) is 0 Å². The zero-order valence-corrected chi connectivity index (χ0v) is 9.24. The number of carboxylic acids is 1. The average molecular weight is 226 g/mol. The Morgan fingerprint density at radius 3 is 2.50 bits per heavy atom. The topological polar surface area (TPSA) is 37.3 Å². The van der Waals surface area contributed by atoms with Gasteiger partial charge in [-0.2, -0.15) is 0 Å². The normalized spacial score (nSPS) is 14.0. The number of hydrogen-bond donors (Lipinski definition) is 1. The van der Waals surface area contributed by atoms with E-state index in [1.165, 1.54) is 11.8 Å². The fourth-order valence-electron chi connectivity index (χ4n) is 0.869. The van der Waals surface area contributed by atoms with Crippen LogP contribution in [0.1, 0.15) is 33.1 Å². The number of carbonyl (C=O) groups is 1. The summed E-state index contributed by atoms with van der Waals surface area (Å²) in [6.45, 7) is 2.50. The van der Waals surface area contributed by atoms with Crippen molar-refractivity contribution in [3.05, 3.63) is 0 Å². The van der Waals surface area contributed by atoms with E-state index in [9.17, 15) is 13.6 Å². The standard InChI is InChI=1S/C9H16F2O2S/c1-7(8(12)13)14-6-4-3-5-9(2,10)11/h7H,3-6H2,1-2H3,(H,12,13). The van der Waals surface area contributed by atoms with E-state index < -0.39 is 17.1 Å². The van der Waals surface area contributed by atoms with Crippen molar-refractivity contribution in [2.75, 3.05) is 5.75 Å². The third kappa shape index (κ3) is 8.29. The summed E-state index contributed by atoms with van der Waals surface area (Å²) in [6, 6.07) is 0. The lowest BCUT2D eigenvalue weighted by atomic mass is 10.2. The number of carboxylic acid groups (broad SMARTS) is 1. The first-order valence-corrected chi connectivity index (χ1v) is 5.60. The van der Waals surface area contributed by atoms with Crippen LogP contribution in [0.4, 0.5) is 8.78 Å². The molecule has 0 spiro atoms. The second kappa shape index (κ2) is 6.22. The molecule has 0 aliphatic carbocycles. The van der Waals surface area contributed by atoms with Gasteiger partial charge in [0, 0.05) is 6.42 Å². The van der Waals surface area contributed by atoms with E-state index in [0.717, 1.165) is 6.92 Å². The van der Waals surface area contributed by atoms with Crippen LogP contribution in [0.15, 0.2) is 0 Å². The summed E-state index contributed by atoms with van der Waals surface area (Å²) in [5.41, 5.74) is 0. The Bertz CT molecular complexity index is 180. The van der Waals surface area contributed by atoms with Crippen molar-refractivity contribution < 1.29 is 18.7 Å². The molecule has 0 bridgehead atoms. The van der Waals surface area contributed by atoms with Crippen LogP contribution in [0.2, 0.25) is 0 Å². The lowest BCUT2D eigenvalue weighted by Gasteiger charge is -2.09. The molecule has 0 aromatic carbocycles. The molecular formula is C9H16F2O2S. The first-order valence-electron chi connectivity index (χ1n) is 4.55. The fraction of sp³-hybridized carbons (Fsp3) is 0.889. The van der Waals surface area contributed by atoms with Gasteiger partial charge in [-0.05, 0) is 32.4 Å².